The Morgan fingerprint density at radius 3 is 2.62 bits per heavy atom. The van der Waals surface area contributed by atoms with Gasteiger partial charge in [0.2, 0.25) is 5.89 Å². The van der Waals surface area contributed by atoms with Gasteiger partial charge in [-0.2, -0.15) is 4.98 Å². The average molecular weight is 361 g/mol. The van der Waals surface area contributed by atoms with E-state index in [1.807, 2.05) is 20.8 Å². The van der Waals surface area contributed by atoms with E-state index in [9.17, 15) is 4.79 Å². The first-order valence-corrected chi connectivity index (χ1v) is 9.76. The average Bonchev–Trinajstić information content (AvgIpc) is 3.02. The molecule has 0 atom stereocenters. The Kier molecular flexibility index (Phi) is 3.18. The number of nitrogens with zero attached hydrogens (tertiary/aromatic N) is 2. The normalized spacial score (nSPS) is 34.3. The number of nitrogens with one attached hydrogen (secondary N) is 1. The number of ether oxygens (including phenoxy) is 2. The van der Waals surface area contributed by atoms with E-state index in [0.717, 1.165) is 50.2 Å². The van der Waals surface area contributed by atoms with Crippen LogP contribution in [0.5, 0.6) is 0 Å². The third-order valence-corrected chi connectivity index (χ3v) is 6.44. The summed E-state index contributed by atoms with van der Waals surface area (Å²) in [6.07, 6.45) is 6.83. The molecular weight excluding hydrogens is 334 g/mol. The zero-order valence-electron chi connectivity index (χ0n) is 15.8. The van der Waals surface area contributed by atoms with Crippen LogP contribution in [-0.2, 0) is 14.9 Å². The SMILES string of the molecule is CC(C)(C)OC(=O)NCC12CC(c3nc(C4CC4)no3)(C1)C1(CCC1)O2. The number of alkyl carbamates (subject to hydrolysis) is 1. The Balaban J connectivity index is 1.31. The summed E-state index contributed by atoms with van der Waals surface area (Å²) in [6, 6.07) is 0. The van der Waals surface area contributed by atoms with Crippen LogP contribution in [0.25, 0.3) is 0 Å². The first-order chi connectivity index (χ1) is 12.3. The summed E-state index contributed by atoms with van der Waals surface area (Å²) in [7, 11) is 0. The van der Waals surface area contributed by atoms with Crippen LogP contribution in [0.4, 0.5) is 4.79 Å². The lowest BCUT2D eigenvalue weighted by Crippen LogP contribution is -2.58. The molecule has 2 saturated heterocycles. The van der Waals surface area contributed by atoms with Crippen molar-refractivity contribution < 1.29 is 18.8 Å². The van der Waals surface area contributed by atoms with E-state index in [-0.39, 0.29) is 16.6 Å². The van der Waals surface area contributed by atoms with Crippen molar-refractivity contribution in [3.05, 3.63) is 11.7 Å². The van der Waals surface area contributed by atoms with Gasteiger partial charge in [-0.05, 0) is 65.7 Å². The third kappa shape index (κ3) is 2.32. The molecule has 7 nitrogen and oxygen atoms in total. The van der Waals surface area contributed by atoms with Crippen molar-refractivity contribution in [2.24, 2.45) is 0 Å². The van der Waals surface area contributed by atoms with E-state index in [4.69, 9.17) is 19.0 Å². The molecule has 6 rings (SSSR count). The minimum Gasteiger partial charge on any atom is -0.444 e. The van der Waals surface area contributed by atoms with E-state index >= 15 is 0 Å². The maximum absolute atomic E-state index is 12.0. The van der Waals surface area contributed by atoms with Gasteiger partial charge in [0.25, 0.3) is 0 Å². The highest BCUT2D eigenvalue weighted by Crippen LogP contribution is 2.72. The number of carbonyl (C=O) groups is 1. The summed E-state index contributed by atoms with van der Waals surface area (Å²) in [4.78, 5) is 16.8. The fraction of sp³-hybridized carbons (Fsp3) is 0.842. The highest BCUT2D eigenvalue weighted by atomic mass is 16.6. The Bertz CT molecular complexity index is 736. The molecule has 1 aromatic rings. The fourth-order valence-electron chi connectivity index (χ4n) is 5.02. The molecule has 3 saturated carbocycles. The van der Waals surface area contributed by atoms with E-state index in [0.29, 0.717) is 12.5 Å². The maximum Gasteiger partial charge on any atom is 0.407 e. The van der Waals surface area contributed by atoms with Crippen molar-refractivity contribution in [2.75, 3.05) is 6.54 Å². The lowest BCUT2D eigenvalue weighted by atomic mass is 9.51. The van der Waals surface area contributed by atoms with Crippen LogP contribution in [0.1, 0.15) is 83.3 Å². The molecule has 2 bridgehead atoms. The van der Waals surface area contributed by atoms with Crippen LogP contribution in [0.15, 0.2) is 4.52 Å². The van der Waals surface area contributed by atoms with Crippen LogP contribution in [0.2, 0.25) is 0 Å². The van der Waals surface area contributed by atoms with Crippen molar-refractivity contribution in [3.63, 3.8) is 0 Å². The zero-order valence-corrected chi connectivity index (χ0v) is 15.8. The van der Waals surface area contributed by atoms with Gasteiger partial charge in [0.15, 0.2) is 5.82 Å². The predicted octanol–water partition coefficient (Wildman–Crippen LogP) is 3.20. The molecule has 5 fully saturated rings. The van der Waals surface area contributed by atoms with Crippen molar-refractivity contribution in [3.8, 4) is 0 Å². The standard InChI is InChI=1S/C19H27N3O4/c1-16(2,3)24-15(23)20-11-17-9-18(10-17,19(26-17)7-4-8-19)14-21-13(22-25-14)12-5-6-12/h12H,4-11H2,1-3H3,(H,20,23). The van der Waals surface area contributed by atoms with Gasteiger partial charge in [-0.15, -0.1) is 0 Å². The summed E-state index contributed by atoms with van der Waals surface area (Å²) >= 11 is 0. The summed E-state index contributed by atoms with van der Waals surface area (Å²) < 4.78 is 17.6. The van der Waals surface area contributed by atoms with Crippen LogP contribution < -0.4 is 5.32 Å². The molecule has 3 heterocycles. The number of carbonyl (C=O) groups excluding carboxylic acids is 1. The highest BCUT2D eigenvalue weighted by Gasteiger charge is 2.78. The second kappa shape index (κ2) is 5.00. The van der Waals surface area contributed by atoms with Crippen LogP contribution in [0.3, 0.4) is 0 Å². The van der Waals surface area contributed by atoms with Gasteiger partial charge >= 0.3 is 6.09 Å². The Morgan fingerprint density at radius 2 is 2.04 bits per heavy atom. The maximum atomic E-state index is 12.0. The van der Waals surface area contributed by atoms with Crippen LogP contribution >= 0.6 is 0 Å². The smallest absolute Gasteiger partial charge is 0.407 e. The lowest BCUT2D eigenvalue weighted by Gasteiger charge is -2.48. The Labute approximate surface area is 153 Å². The van der Waals surface area contributed by atoms with Crippen LogP contribution in [0, 0.1) is 0 Å². The van der Waals surface area contributed by atoms with Crippen molar-refractivity contribution in [1.82, 2.24) is 15.5 Å². The molecule has 1 spiro atoms. The summed E-state index contributed by atoms with van der Waals surface area (Å²) in [5, 5.41) is 7.12. The van der Waals surface area contributed by atoms with Gasteiger partial charge in [0.1, 0.15) is 5.60 Å². The van der Waals surface area contributed by atoms with Crippen molar-refractivity contribution in [2.45, 2.75) is 93.9 Å². The molecule has 0 unspecified atom stereocenters. The van der Waals surface area contributed by atoms with E-state index in [1.54, 1.807) is 0 Å². The molecule has 26 heavy (non-hydrogen) atoms. The molecule has 7 heteroatoms. The zero-order chi connectivity index (χ0) is 18.2. The van der Waals surface area contributed by atoms with Gasteiger partial charge in [-0.1, -0.05) is 5.16 Å². The quantitative estimate of drug-likeness (QED) is 0.886. The molecule has 0 radical (unpaired) electrons. The first-order valence-electron chi connectivity index (χ1n) is 9.76. The van der Waals surface area contributed by atoms with E-state index in [1.165, 1.54) is 6.42 Å². The number of hydrogen-bond acceptors (Lipinski definition) is 6. The van der Waals surface area contributed by atoms with E-state index in [2.05, 4.69) is 10.5 Å². The summed E-state index contributed by atoms with van der Waals surface area (Å²) in [5.41, 5.74) is -1.18. The molecule has 3 aliphatic carbocycles. The van der Waals surface area contributed by atoms with Crippen LogP contribution in [-0.4, -0.2) is 39.6 Å². The molecule has 2 aliphatic heterocycles. The van der Waals surface area contributed by atoms with Gasteiger partial charge in [0.05, 0.1) is 23.2 Å². The largest absolute Gasteiger partial charge is 0.444 e. The minimum absolute atomic E-state index is 0.166. The topological polar surface area (TPSA) is 86.5 Å². The van der Waals surface area contributed by atoms with Crippen molar-refractivity contribution in [1.29, 1.82) is 0 Å². The second-order valence-corrected chi connectivity index (χ2v) is 9.66. The van der Waals surface area contributed by atoms with Gasteiger partial charge in [0, 0.05) is 5.92 Å². The third-order valence-electron chi connectivity index (χ3n) is 6.44. The molecule has 1 aromatic heterocycles. The minimum atomic E-state index is -0.500. The highest BCUT2D eigenvalue weighted by molar-refractivity contribution is 5.67. The first kappa shape index (κ1) is 16.5. The van der Waals surface area contributed by atoms with E-state index < -0.39 is 11.7 Å². The van der Waals surface area contributed by atoms with Gasteiger partial charge in [-0.25, -0.2) is 4.79 Å². The Morgan fingerprint density at radius 1 is 1.31 bits per heavy atom. The predicted molar refractivity (Wildman–Crippen MR) is 91.8 cm³/mol. The molecule has 5 aliphatic rings. The number of hydrogen-bond donors (Lipinski definition) is 1. The molecule has 0 aromatic carbocycles. The van der Waals surface area contributed by atoms with Crippen molar-refractivity contribution >= 4 is 6.09 Å². The molecule has 142 valence electrons. The Hall–Kier alpha value is -1.63. The van der Waals surface area contributed by atoms with Gasteiger partial charge in [-0.3, -0.25) is 0 Å². The monoisotopic (exact) mass is 361 g/mol. The number of aromatic nitrogens is 2. The summed E-state index contributed by atoms with van der Waals surface area (Å²) in [6.45, 7) is 6.06. The number of amides is 1. The lowest BCUT2D eigenvalue weighted by molar-refractivity contribution is -0.108. The molecular formula is C19H27N3O4. The van der Waals surface area contributed by atoms with Gasteiger partial charge < -0.3 is 19.3 Å². The molecule has 1 amide bonds. The number of rotatable bonds is 4. The molecule has 1 N–H and O–H groups in total. The summed E-state index contributed by atoms with van der Waals surface area (Å²) in [5.74, 6) is 2.10. The second-order valence-electron chi connectivity index (χ2n) is 9.66. The fourth-order valence-corrected chi connectivity index (χ4v) is 5.02.